The number of aryl methyl sites for hydroxylation is 1. The number of hydrogen-bond acceptors (Lipinski definition) is 7. The highest BCUT2D eigenvalue weighted by atomic mass is 16.1. The van der Waals surface area contributed by atoms with Gasteiger partial charge >= 0.3 is 0 Å². The van der Waals surface area contributed by atoms with Crippen molar-refractivity contribution in [1.29, 1.82) is 0 Å². The molecule has 0 amide bonds. The largest absolute Gasteiger partial charge is 0.365 e. The minimum atomic E-state index is -0.159. The Kier molecular flexibility index (Phi) is 4.52. The standard InChI is InChI=1S/C19H26N8O/c1-19(2,3)27-16-14(10-23-27)15(21-12-22-16)24-13-6-5-8-26(11-13)17-18(28)25(4)9-7-20-17/h7,9-10,12-13H,5-6,8,11H2,1-4H3,(H,21,22,24)/t13-/m0/s1. The van der Waals surface area contributed by atoms with Crippen LogP contribution in [0.1, 0.15) is 33.6 Å². The van der Waals surface area contributed by atoms with Crippen molar-refractivity contribution in [3.63, 3.8) is 0 Å². The summed E-state index contributed by atoms with van der Waals surface area (Å²) in [5.41, 5.74) is 0.587. The molecule has 148 valence electrons. The first-order chi connectivity index (χ1) is 13.3. The molecule has 1 aliphatic rings. The third-order valence-corrected chi connectivity index (χ3v) is 5.06. The molecule has 1 saturated heterocycles. The van der Waals surface area contributed by atoms with Crippen molar-refractivity contribution in [3.8, 4) is 0 Å². The van der Waals surface area contributed by atoms with Crippen LogP contribution in [0.5, 0.6) is 0 Å². The summed E-state index contributed by atoms with van der Waals surface area (Å²) in [7, 11) is 1.75. The van der Waals surface area contributed by atoms with Crippen molar-refractivity contribution in [2.45, 2.75) is 45.2 Å². The average molecular weight is 382 g/mol. The number of rotatable bonds is 3. The molecule has 0 aromatic carbocycles. The van der Waals surface area contributed by atoms with Crippen molar-refractivity contribution in [2.75, 3.05) is 23.3 Å². The fourth-order valence-corrected chi connectivity index (χ4v) is 3.63. The molecule has 0 radical (unpaired) electrons. The van der Waals surface area contributed by atoms with Gasteiger partial charge in [0, 0.05) is 38.6 Å². The first kappa shape index (κ1) is 18.4. The Morgan fingerprint density at radius 1 is 1.21 bits per heavy atom. The monoisotopic (exact) mass is 382 g/mol. The Morgan fingerprint density at radius 2 is 2.04 bits per heavy atom. The lowest BCUT2D eigenvalue weighted by atomic mass is 10.1. The smallest absolute Gasteiger partial charge is 0.293 e. The summed E-state index contributed by atoms with van der Waals surface area (Å²) in [6.07, 6.45) is 8.72. The van der Waals surface area contributed by atoms with Gasteiger partial charge in [-0.25, -0.2) is 19.6 Å². The second kappa shape index (κ2) is 6.88. The van der Waals surface area contributed by atoms with E-state index in [-0.39, 0.29) is 17.1 Å². The summed E-state index contributed by atoms with van der Waals surface area (Å²) < 4.78 is 3.48. The molecule has 9 heteroatoms. The van der Waals surface area contributed by atoms with E-state index in [1.807, 2.05) is 10.9 Å². The average Bonchev–Trinajstić information content (AvgIpc) is 3.10. The molecule has 0 spiro atoms. The molecule has 1 atom stereocenters. The zero-order valence-corrected chi connectivity index (χ0v) is 16.8. The number of piperidine rings is 1. The second-order valence-electron chi connectivity index (χ2n) is 8.28. The van der Waals surface area contributed by atoms with Crippen LogP contribution in [0.25, 0.3) is 11.0 Å². The summed E-state index contributed by atoms with van der Waals surface area (Å²) in [6.45, 7) is 7.82. The predicted molar refractivity (Wildman–Crippen MR) is 109 cm³/mol. The van der Waals surface area contributed by atoms with Crippen LogP contribution in [0, 0.1) is 0 Å². The second-order valence-corrected chi connectivity index (χ2v) is 8.28. The Morgan fingerprint density at radius 3 is 2.82 bits per heavy atom. The van der Waals surface area contributed by atoms with Gasteiger partial charge in [-0.1, -0.05) is 0 Å². The number of aromatic nitrogens is 6. The van der Waals surface area contributed by atoms with Gasteiger partial charge in [0.05, 0.1) is 17.1 Å². The van der Waals surface area contributed by atoms with Crippen molar-refractivity contribution < 1.29 is 0 Å². The number of hydrogen-bond donors (Lipinski definition) is 1. The van der Waals surface area contributed by atoms with Crippen LogP contribution in [-0.4, -0.2) is 48.4 Å². The highest BCUT2D eigenvalue weighted by Crippen LogP contribution is 2.26. The van der Waals surface area contributed by atoms with Crippen LogP contribution >= 0.6 is 0 Å². The van der Waals surface area contributed by atoms with Crippen LogP contribution < -0.4 is 15.8 Å². The number of nitrogens with zero attached hydrogens (tertiary/aromatic N) is 7. The molecule has 4 heterocycles. The van der Waals surface area contributed by atoms with E-state index >= 15 is 0 Å². The van der Waals surface area contributed by atoms with E-state index in [4.69, 9.17) is 0 Å². The number of nitrogens with one attached hydrogen (secondary N) is 1. The van der Waals surface area contributed by atoms with Gasteiger partial charge in [0.15, 0.2) is 11.5 Å². The minimum absolute atomic E-state index is 0.0703. The SMILES string of the molecule is Cn1ccnc(N2CCC[C@H](Nc3ncnc4c3cnn4C(C)(C)C)C2)c1=O. The Labute approximate surface area is 163 Å². The van der Waals surface area contributed by atoms with Crippen LogP contribution in [0.15, 0.2) is 29.7 Å². The van der Waals surface area contributed by atoms with E-state index in [1.54, 1.807) is 30.3 Å². The van der Waals surface area contributed by atoms with Crippen LogP contribution in [0.4, 0.5) is 11.6 Å². The van der Waals surface area contributed by atoms with E-state index in [0.29, 0.717) is 12.4 Å². The molecule has 1 aliphatic heterocycles. The molecular weight excluding hydrogens is 356 g/mol. The van der Waals surface area contributed by atoms with Crippen molar-refractivity contribution in [1.82, 2.24) is 29.3 Å². The number of anilines is 2. The molecular formula is C19H26N8O. The van der Waals surface area contributed by atoms with Crippen LogP contribution in [0.3, 0.4) is 0 Å². The van der Waals surface area contributed by atoms with Gasteiger partial charge in [0.1, 0.15) is 12.1 Å². The van der Waals surface area contributed by atoms with Gasteiger partial charge < -0.3 is 14.8 Å². The van der Waals surface area contributed by atoms with Crippen molar-refractivity contribution in [3.05, 3.63) is 35.3 Å². The fourth-order valence-electron chi connectivity index (χ4n) is 3.63. The van der Waals surface area contributed by atoms with Gasteiger partial charge in [-0.2, -0.15) is 5.10 Å². The fraction of sp³-hybridized carbons (Fsp3) is 0.526. The summed E-state index contributed by atoms with van der Waals surface area (Å²) in [5.74, 6) is 1.28. The third kappa shape index (κ3) is 3.32. The lowest BCUT2D eigenvalue weighted by molar-refractivity contribution is 0.366. The van der Waals surface area contributed by atoms with Crippen molar-refractivity contribution in [2.24, 2.45) is 7.05 Å². The molecule has 0 aliphatic carbocycles. The maximum Gasteiger partial charge on any atom is 0.293 e. The van der Waals surface area contributed by atoms with E-state index in [2.05, 4.69) is 51.0 Å². The molecule has 28 heavy (non-hydrogen) atoms. The summed E-state index contributed by atoms with van der Waals surface area (Å²) in [5, 5.41) is 8.96. The van der Waals surface area contributed by atoms with E-state index < -0.39 is 0 Å². The molecule has 1 fully saturated rings. The lowest BCUT2D eigenvalue weighted by Gasteiger charge is -2.33. The predicted octanol–water partition coefficient (Wildman–Crippen LogP) is 1.76. The lowest BCUT2D eigenvalue weighted by Crippen LogP contribution is -2.45. The molecule has 4 rings (SSSR count). The van der Waals surface area contributed by atoms with Gasteiger partial charge in [-0.05, 0) is 33.6 Å². The molecule has 0 saturated carbocycles. The maximum atomic E-state index is 12.4. The van der Waals surface area contributed by atoms with Gasteiger partial charge in [-0.15, -0.1) is 0 Å². The van der Waals surface area contributed by atoms with E-state index in [9.17, 15) is 4.79 Å². The minimum Gasteiger partial charge on any atom is -0.365 e. The van der Waals surface area contributed by atoms with Crippen LogP contribution in [0.2, 0.25) is 0 Å². The van der Waals surface area contributed by atoms with Gasteiger partial charge in [-0.3, -0.25) is 4.79 Å². The molecule has 3 aromatic heterocycles. The highest BCUT2D eigenvalue weighted by Gasteiger charge is 2.25. The zero-order valence-electron chi connectivity index (χ0n) is 16.8. The summed E-state index contributed by atoms with van der Waals surface area (Å²) in [6, 6.07) is 0.163. The Hall–Kier alpha value is -2.97. The van der Waals surface area contributed by atoms with E-state index in [0.717, 1.165) is 36.2 Å². The topological polar surface area (TPSA) is 93.8 Å². The highest BCUT2D eigenvalue weighted by molar-refractivity contribution is 5.86. The molecule has 3 aromatic rings. The maximum absolute atomic E-state index is 12.4. The summed E-state index contributed by atoms with van der Waals surface area (Å²) >= 11 is 0. The van der Waals surface area contributed by atoms with Crippen molar-refractivity contribution >= 4 is 22.7 Å². The van der Waals surface area contributed by atoms with Gasteiger partial charge in [0.25, 0.3) is 5.56 Å². The van der Waals surface area contributed by atoms with Gasteiger partial charge in [0.2, 0.25) is 0 Å². The summed E-state index contributed by atoms with van der Waals surface area (Å²) in [4.78, 5) is 27.7. The zero-order chi connectivity index (χ0) is 19.9. The molecule has 0 bridgehead atoms. The molecule has 1 N–H and O–H groups in total. The van der Waals surface area contributed by atoms with E-state index in [1.165, 1.54) is 0 Å². The first-order valence-corrected chi connectivity index (χ1v) is 9.57. The third-order valence-electron chi connectivity index (χ3n) is 5.06. The number of fused-ring (bicyclic) bond motifs is 1. The van der Waals surface area contributed by atoms with Crippen LogP contribution in [-0.2, 0) is 12.6 Å². The Balaban J connectivity index is 1.59. The normalized spacial score (nSPS) is 17.9. The Bertz CT molecular complexity index is 1050. The quantitative estimate of drug-likeness (QED) is 0.737. The first-order valence-electron chi connectivity index (χ1n) is 9.57. The molecule has 9 nitrogen and oxygen atoms in total. The molecule has 0 unspecified atom stereocenters.